The smallest absolute Gasteiger partial charge is 0.193 e. The van der Waals surface area contributed by atoms with Crippen LogP contribution in [0.5, 0.6) is 5.75 Å². The van der Waals surface area contributed by atoms with Crippen molar-refractivity contribution in [1.82, 2.24) is 4.57 Å². The van der Waals surface area contributed by atoms with Crippen molar-refractivity contribution in [3.8, 4) is 17.0 Å². The second-order valence-electron chi connectivity index (χ2n) is 5.63. The van der Waals surface area contributed by atoms with Crippen molar-refractivity contribution in [2.45, 2.75) is 12.6 Å². The Morgan fingerprint density at radius 2 is 1.86 bits per heavy atom. The highest BCUT2D eigenvalue weighted by atomic mass is 32.2. The van der Waals surface area contributed by atoms with Gasteiger partial charge in [0.25, 0.3) is 0 Å². The van der Waals surface area contributed by atoms with Crippen molar-refractivity contribution in [3.63, 3.8) is 0 Å². The molecule has 3 heteroatoms. The van der Waals surface area contributed by atoms with Gasteiger partial charge in [-0.05, 0) is 37.4 Å². The molecule has 21 heavy (non-hydrogen) atoms. The third-order valence-corrected chi connectivity index (χ3v) is 4.91. The summed E-state index contributed by atoms with van der Waals surface area (Å²) in [6, 6.07) is 19.1. The highest BCUT2D eigenvalue weighted by Gasteiger charge is 2.36. The lowest BCUT2D eigenvalue weighted by atomic mass is 10.1. The van der Waals surface area contributed by atoms with E-state index in [0.29, 0.717) is 0 Å². The number of ether oxygens (including phenoxy) is 1. The van der Waals surface area contributed by atoms with Crippen LogP contribution >= 0.6 is 11.8 Å². The number of rotatable bonds is 2. The van der Waals surface area contributed by atoms with E-state index in [2.05, 4.69) is 66.3 Å². The Morgan fingerprint density at radius 3 is 2.71 bits per heavy atom. The van der Waals surface area contributed by atoms with Crippen LogP contribution in [-0.4, -0.2) is 16.6 Å². The molecule has 3 aromatic rings. The Labute approximate surface area is 128 Å². The predicted octanol–water partition coefficient (Wildman–Crippen LogP) is 4.74. The average Bonchev–Trinajstić information content (AvgIpc) is 2.88. The molecule has 0 saturated carbocycles. The number of benzene rings is 2. The fourth-order valence-corrected chi connectivity index (χ4v) is 4.00. The maximum atomic E-state index is 6.39. The van der Waals surface area contributed by atoms with E-state index in [-0.39, 0.29) is 5.72 Å². The van der Waals surface area contributed by atoms with Crippen molar-refractivity contribution in [1.29, 1.82) is 0 Å². The van der Waals surface area contributed by atoms with E-state index in [4.69, 9.17) is 4.74 Å². The molecule has 0 bridgehead atoms. The van der Waals surface area contributed by atoms with Gasteiger partial charge in [-0.15, -0.1) is 0 Å². The molecule has 2 heterocycles. The fourth-order valence-electron chi connectivity index (χ4n) is 3.27. The standard InChI is InChI=1S/C18H17NOS/c1-18(12-21-2)19-15-9-5-3-7-13(15)11-16(19)14-8-4-6-10-17(14)20-18/h3-11H,12H2,1-2H3. The second-order valence-corrected chi connectivity index (χ2v) is 6.50. The lowest BCUT2D eigenvalue weighted by Crippen LogP contribution is -2.41. The molecule has 0 N–H and O–H groups in total. The first kappa shape index (κ1) is 12.8. The second kappa shape index (κ2) is 4.57. The maximum Gasteiger partial charge on any atom is 0.193 e. The molecule has 106 valence electrons. The monoisotopic (exact) mass is 295 g/mol. The Kier molecular flexibility index (Phi) is 2.79. The van der Waals surface area contributed by atoms with Gasteiger partial charge in [-0.1, -0.05) is 30.3 Å². The Bertz CT molecular complexity index is 823. The largest absolute Gasteiger partial charge is 0.466 e. The third-order valence-electron chi connectivity index (χ3n) is 4.09. The lowest BCUT2D eigenvalue weighted by molar-refractivity contribution is 0.0366. The van der Waals surface area contributed by atoms with Crippen LogP contribution < -0.4 is 4.74 Å². The number of hydrogen-bond donors (Lipinski definition) is 0. The van der Waals surface area contributed by atoms with E-state index in [1.807, 2.05) is 17.8 Å². The zero-order chi connectivity index (χ0) is 14.4. The molecule has 0 saturated heterocycles. The SMILES string of the molecule is CSCC1(C)Oc2ccccc2-c2cc3ccccc3n21. The van der Waals surface area contributed by atoms with Gasteiger partial charge in [-0.25, -0.2) is 0 Å². The molecule has 1 atom stereocenters. The number of para-hydroxylation sites is 2. The molecule has 0 spiro atoms. The van der Waals surface area contributed by atoms with Crippen LogP contribution in [0.2, 0.25) is 0 Å². The van der Waals surface area contributed by atoms with Gasteiger partial charge in [-0.3, -0.25) is 0 Å². The molecular formula is C18H17NOS. The lowest BCUT2D eigenvalue weighted by Gasteiger charge is -2.38. The van der Waals surface area contributed by atoms with Gasteiger partial charge in [-0.2, -0.15) is 11.8 Å². The topological polar surface area (TPSA) is 14.2 Å². The minimum absolute atomic E-state index is 0.355. The summed E-state index contributed by atoms with van der Waals surface area (Å²) in [5.41, 5.74) is 3.30. The van der Waals surface area contributed by atoms with Crippen LogP contribution in [0, 0.1) is 0 Å². The van der Waals surface area contributed by atoms with E-state index in [0.717, 1.165) is 11.5 Å². The van der Waals surface area contributed by atoms with E-state index in [1.165, 1.54) is 22.2 Å². The summed E-state index contributed by atoms with van der Waals surface area (Å²) in [5.74, 6) is 1.89. The normalized spacial score (nSPS) is 19.9. The molecule has 0 aliphatic carbocycles. The van der Waals surface area contributed by atoms with Gasteiger partial charge in [0.1, 0.15) is 5.75 Å². The molecule has 0 fully saturated rings. The van der Waals surface area contributed by atoms with Crippen LogP contribution in [0.15, 0.2) is 54.6 Å². The molecule has 2 aromatic carbocycles. The first-order valence-electron chi connectivity index (χ1n) is 7.11. The summed E-state index contributed by atoms with van der Waals surface area (Å²) >= 11 is 1.81. The molecule has 0 amide bonds. The molecule has 0 radical (unpaired) electrons. The average molecular weight is 295 g/mol. The van der Waals surface area contributed by atoms with Crippen molar-refractivity contribution in [2.24, 2.45) is 0 Å². The zero-order valence-corrected chi connectivity index (χ0v) is 13.0. The van der Waals surface area contributed by atoms with Crippen molar-refractivity contribution in [3.05, 3.63) is 54.6 Å². The first-order chi connectivity index (χ1) is 10.2. The number of hydrogen-bond acceptors (Lipinski definition) is 2. The van der Waals surface area contributed by atoms with Crippen LogP contribution in [0.4, 0.5) is 0 Å². The van der Waals surface area contributed by atoms with E-state index < -0.39 is 0 Å². The first-order valence-corrected chi connectivity index (χ1v) is 8.51. The quantitative estimate of drug-likeness (QED) is 0.678. The molecule has 1 unspecified atom stereocenters. The van der Waals surface area contributed by atoms with Crippen molar-refractivity contribution < 1.29 is 4.74 Å². The number of aromatic nitrogens is 1. The van der Waals surface area contributed by atoms with Gasteiger partial charge in [0.15, 0.2) is 5.72 Å². The molecule has 1 aliphatic heterocycles. The number of fused-ring (bicyclic) bond motifs is 5. The summed E-state index contributed by atoms with van der Waals surface area (Å²) in [4.78, 5) is 0. The van der Waals surface area contributed by atoms with Gasteiger partial charge in [0, 0.05) is 10.9 Å². The van der Waals surface area contributed by atoms with Crippen LogP contribution in [0.1, 0.15) is 6.92 Å². The molecule has 2 nitrogen and oxygen atoms in total. The number of thioether (sulfide) groups is 1. The molecule has 1 aliphatic rings. The molecular weight excluding hydrogens is 278 g/mol. The zero-order valence-electron chi connectivity index (χ0n) is 12.2. The van der Waals surface area contributed by atoms with E-state index >= 15 is 0 Å². The van der Waals surface area contributed by atoms with Crippen LogP contribution in [0.25, 0.3) is 22.2 Å². The minimum atomic E-state index is -0.355. The van der Waals surface area contributed by atoms with E-state index in [9.17, 15) is 0 Å². The maximum absolute atomic E-state index is 6.39. The Hall–Kier alpha value is -1.87. The fraction of sp³-hybridized carbons (Fsp3) is 0.222. The van der Waals surface area contributed by atoms with Gasteiger partial charge in [0.2, 0.25) is 0 Å². The van der Waals surface area contributed by atoms with E-state index in [1.54, 1.807) is 0 Å². The summed E-state index contributed by atoms with van der Waals surface area (Å²) in [6.45, 7) is 2.18. The van der Waals surface area contributed by atoms with Crippen LogP contribution in [0.3, 0.4) is 0 Å². The Morgan fingerprint density at radius 1 is 1.10 bits per heavy atom. The summed E-state index contributed by atoms with van der Waals surface area (Å²) < 4.78 is 8.74. The minimum Gasteiger partial charge on any atom is -0.466 e. The predicted molar refractivity (Wildman–Crippen MR) is 90.0 cm³/mol. The van der Waals surface area contributed by atoms with Crippen molar-refractivity contribution in [2.75, 3.05) is 12.0 Å². The summed E-state index contributed by atoms with van der Waals surface area (Å²) in [7, 11) is 0. The highest BCUT2D eigenvalue weighted by molar-refractivity contribution is 7.98. The van der Waals surface area contributed by atoms with Gasteiger partial charge >= 0.3 is 0 Å². The van der Waals surface area contributed by atoms with Gasteiger partial charge in [0.05, 0.1) is 17.0 Å². The number of nitrogens with zero attached hydrogens (tertiary/aromatic N) is 1. The third kappa shape index (κ3) is 1.80. The molecule has 1 aromatic heterocycles. The molecule has 4 rings (SSSR count). The summed E-state index contributed by atoms with van der Waals surface area (Å²) in [5, 5.41) is 1.26. The Balaban J connectivity index is 2.08. The van der Waals surface area contributed by atoms with Crippen LogP contribution in [-0.2, 0) is 5.72 Å². The van der Waals surface area contributed by atoms with Crippen molar-refractivity contribution >= 4 is 22.7 Å². The van der Waals surface area contributed by atoms with Gasteiger partial charge < -0.3 is 9.30 Å². The highest BCUT2D eigenvalue weighted by Crippen LogP contribution is 2.44. The summed E-state index contributed by atoms with van der Waals surface area (Å²) in [6.07, 6.45) is 2.13.